The fourth-order valence-electron chi connectivity index (χ4n) is 3.20. The first-order valence-corrected chi connectivity index (χ1v) is 7.66. The van der Waals surface area contributed by atoms with E-state index in [2.05, 4.69) is 0 Å². The van der Waals surface area contributed by atoms with Gasteiger partial charge in [0.15, 0.2) is 0 Å². The fourth-order valence-corrected chi connectivity index (χ4v) is 3.20. The number of carboxylic acids is 1. The van der Waals surface area contributed by atoms with Crippen molar-refractivity contribution < 1.29 is 14.7 Å². The summed E-state index contributed by atoms with van der Waals surface area (Å²) in [7, 11) is 0. The largest absolute Gasteiger partial charge is 0.480 e. The van der Waals surface area contributed by atoms with Crippen molar-refractivity contribution in [3.05, 3.63) is 48.0 Å². The Kier molecular flexibility index (Phi) is 4.09. The SMILES string of the molecule is O=C(O)[C@H]1CCCCN1C(=O)Cc1cccc2ccccc12. The van der Waals surface area contributed by atoms with Crippen LogP contribution in [0.2, 0.25) is 0 Å². The molecule has 0 spiro atoms. The molecule has 0 radical (unpaired) electrons. The second-order valence-corrected chi connectivity index (χ2v) is 5.75. The first kappa shape index (κ1) is 14.6. The predicted octanol–water partition coefficient (Wildman–Crippen LogP) is 2.85. The molecule has 114 valence electrons. The van der Waals surface area contributed by atoms with Crippen molar-refractivity contribution in [2.24, 2.45) is 0 Å². The quantitative estimate of drug-likeness (QED) is 0.947. The zero-order valence-electron chi connectivity index (χ0n) is 12.4. The van der Waals surface area contributed by atoms with Gasteiger partial charge in [0.2, 0.25) is 5.91 Å². The van der Waals surface area contributed by atoms with E-state index in [-0.39, 0.29) is 12.3 Å². The summed E-state index contributed by atoms with van der Waals surface area (Å²) >= 11 is 0. The molecule has 1 atom stereocenters. The van der Waals surface area contributed by atoms with E-state index in [1.54, 1.807) is 0 Å². The van der Waals surface area contributed by atoms with E-state index >= 15 is 0 Å². The lowest BCUT2D eigenvalue weighted by Gasteiger charge is -2.33. The topological polar surface area (TPSA) is 57.6 Å². The summed E-state index contributed by atoms with van der Waals surface area (Å²) in [5, 5.41) is 11.5. The van der Waals surface area contributed by atoms with Crippen LogP contribution in [0.5, 0.6) is 0 Å². The van der Waals surface area contributed by atoms with Crippen LogP contribution in [0.3, 0.4) is 0 Å². The molecule has 1 heterocycles. The maximum atomic E-state index is 12.6. The number of carboxylic acid groups (broad SMARTS) is 1. The maximum Gasteiger partial charge on any atom is 0.326 e. The van der Waals surface area contributed by atoms with E-state index in [0.717, 1.165) is 29.2 Å². The van der Waals surface area contributed by atoms with Gasteiger partial charge < -0.3 is 10.0 Å². The number of hydrogen-bond donors (Lipinski definition) is 1. The second kappa shape index (κ2) is 6.18. The third-order valence-electron chi connectivity index (χ3n) is 4.33. The summed E-state index contributed by atoms with van der Waals surface area (Å²) in [6.07, 6.45) is 2.56. The smallest absolute Gasteiger partial charge is 0.326 e. The van der Waals surface area contributed by atoms with E-state index in [1.165, 1.54) is 4.90 Å². The van der Waals surface area contributed by atoms with Gasteiger partial charge in [0, 0.05) is 6.54 Å². The molecular formula is C18H19NO3. The maximum absolute atomic E-state index is 12.6. The Morgan fingerprint density at radius 1 is 1.09 bits per heavy atom. The molecular weight excluding hydrogens is 278 g/mol. The lowest BCUT2D eigenvalue weighted by Crippen LogP contribution is -2.48. The van der Waals surface area contributed by atoms with Crippen LogP contribution in [0.4, 0.5) is 0 Å². The lowest BCUT2D eigenvalue weighted by molar-refractivity contribution is -0.151. The highest BCUT2D eigenvalue weighted by molar-refractivity contribution is 5.91. The molecule has 4 heteroatoms. The molecule has 4 nitrogen and oxygen atoms in total. The summed E-state index contributed by atoms with van der Waals surface area (Å²) in [6.45, 7) is 0.542. The molecule has 3 rings (SSSR count). The molecule has 1 aliphatic rings. The number of hydrogen-bond acceptors (Lipinski definition) is 2. The van der Waals surface area contributed by atoms with E-state index in [9.17, 15) is 14.7 Å². The number of amides is 1. The number of nitrogens with zero attached hydrogens (tertiary/aromatic N) is 1. The van der Waals surface area contributed by atoms with Crippen molar-refractivity contribution in [1.29, 1.82) is 0 Å². The van der Waals surface area contributed by atoms with Gasteiger partial charge >= 0.3 is 5.97 Å². The number of carbonyl (C=O) groups is 2. The Morgan fingerprint density at radius 3 is 2.68 bits per heavy atom. The first-order valence-electron chi connectivity index (χ1n) is 7.66. The van der Waals surface area contributed by atoms with Crippen LogP contribution in [-0.4, -0.2) is 34.5 Å². The Morgan fingerprint density at radius 2 is 1.86 bits per heavy atom. The highest BCUT2D eigenvalue weighted by Crippen LogP contribution is 2.22. The Hall–Kier alpha value is -2.36. The molecule has 2 aromatic carbocycles. The number of aliphatic carboxylic acids is 1. The second-order valence-electron chi connectivity index (χ2n) is 5.75. The van der Waals surface area contributed by atoms with Crippen LogP contribution in [0.25, 0.3) is 10.8 Å². The van der Waals surface area contributed by atoms with Crippen LogP contribution >= 0.6 is 0 Å². The molecule has 0 bridgehead atoms. The minimum atomic E-state index is -0.897. The monoisotopic (exact) mass is 297 g/mol. The van der Waals surface area contributed by atoms with Gasteiger partial charge in [0.1, 0.15) is 6.04 Å². The number of piperidine rings is 1. The van der Waals surface area contributed by atoms with Gasteiger partial charge in [-0.05, 0) is 35.6 Å². The van der Waals surface area contributed by atoms with Crippen molar-refractivity contribution >= 4 is 22.6 Å². The Labute approximate surface area is 129 Å². The van der Waals surface area contributed by atoms with E-state index < -0.39 is 12.0 Å². The van der Waals surface area contributed by atoms with Crippen LogP contribution in [-0.2, 0) is 16.0 Å². The van der Waals surface area contributed by atoms with Gasteiger partial charge in [0.05, 0.1) is 6.42 Å². The minimum absolute atomic E-state index is 0.0940. The average molecular weight is 297 g/mol. The number of likely N-dealkylation sites (tertiary alicyclic amines) is 1. The third kappa shape index (κ3) is 2.82. The van der Waals surface area contributed by atoms with Gasteiger partial charge in [-0.15, -0.1) is 0 Å². The summed E-state index contributed by atoms with van der Waals surface area (Å²) in [5.74, 6) is -0.991. The molecule has 1 N–H and O–H groups in total. The summed E-state index contributed by atoms with van der Waals surface area (Å²) in [6, 6.07) is 13.2. The van der Waals surface area contributed by atoms with Crippen molar-refractivity contribution in [1.82, 2.24) is 4.90 Å². The molecule has 0 unspecified atom stereocenters. The molecule has 1 amide bonds. The molecule has 0 aromatic heterocycles. The molecule has 1 fully saturated rings. The van der Waals surface area contributed by atoms with Crippen molar-refractivity contribution in [2.75, 3.05) is 6.54 Å². The molecule has 1 aliphatic heterocycles. The Bertz CT molecular complexity index is 705. The highest BCUT2D eigenvalue weighted by atomic mass is 16.4. The number of fused-ring (bicyclic) bond motifs is 1. The molecule has 0 aliphatic carbocycles. The van der Waals surface area contributed by atoms with Crippen LogP contribution in [0.15, 0.2) is 42.5 Å². The highest BCUT2D eigenvalue weighted by Gasteiger charge is 2.31. The molecule has 1 saturated heterocycles. The standard InChI is InChI=1S/C18H19NO3/c20-17(19-11-4-3-10-16(19)18(21)22)12-14-8-5-7-13-6-1-2-9-15(13)14/h1-2,5-9,16H,3-4,10-12H2,(H,21,22)/t16-/m1/s1. The summed E-state index contributed by atoms with van der Waals surface area (Å²) in [5.41, 5.74) is 0.956. The fraction of sp³-hybridized carbons (Fsp3) is 0.333. The van der Waals surface area contributed by atoms with E-state index in [0.29, 0.717) is 13.0 Å². The number of benzene rings is 2. The summed E-state index contributed by atoms with van der Waals surface area (Å²) < 4.78 is 0. The third-order valence-corrected chi connectivity index (χ3v) is 4.33. The minimum Gasteiger partial charge on any atom is -0.480 e. The average Bonchev–Trinajstić information content (AvgIpc) is 2.55. The van der Waals surface area contributed by atoms with E-state index in [1.807, 2.05) is 42.5 Å². The lowest BCUT2D eigenvalue weighted by atomic mass is 9.98. The van der Waals surface area contributed by atoms with Crippen LogP contribution in [0, 0.1) is 0 Å². The zero-order valence-corrected chi connectivity index (χ0v) is 12.4. The predicted molar refractivity (Wildman–Crippen MR) is 84.6 cm³/mol. The van der Waals surface area contributed by atoms with Gasteiger partial charge in [-0.2, -0.15) is 0 Å². The Balaban J connectivity index is 1.85. The normalized spacial score (nSPS) is 18.4. The number of carbonyl (C=O) groups excluding carboxylic acids is 1. The van der Waals surface area contributed by atoms with Gasteiger partial charge in [0.25, 0.3) is 0 Å². The van der Waals surface area contributed by atoms with Crippen molar-refractivity contribution in [3.8, 4) is 0 Å². The zero-order chi connectivity index (χ0) is 15.5. The van der Waals surface area contributed by atoms with Crippen molar-refractivity contribution in [3.63, 3.8) is 0 Å². The molecule has 22 heavy (non-hydrogen) atoms. The van der Waals surface area contributed by atoms with Crippen LogP contribution in [0.1, 0.15) is 24.8 Å². The molecule has 0 saturated carbocycles. The van der Waals surface area contributed by atoms with E-state index in [4.69, 9.17) is 0 Å². The summed E-state index contributed by atoms with van der Waals surface area (Å²) in [4.78, 5) is 25.5. The van der Waals surface area contributed by atoms with Gasteiger partial charge in [-0.3, -0.25) is 4.79 Å². The molecule has 2 aromatic rings. The van der Waals surface area contributed by atoms with Gasteiger partial charge in [-0.25, -0.2) is 4.79 Å². The first-order chi connectivity index (χ1) is 10.7. The van der Waals surface area contributed by atoms with Gasteiger partial charge in [-0.1, -0.05) is 42.5 Å². The van der Waals surface area contributed by atoms with Crippen LogP contribution < -0.4 is 0 Å². The number of rotatable bonds is 3. The van der Waals surface area contributed by atoms with Crippen molar-refractivity contribution in [2.45, 2.75) is 31.7 Å².